The second-order valence-electron chi connectivity index (χ2n) is 9.01. The van der Waals surface area contributed by atoms with Gasteiger partial charge in [0.2, 0.25) is 5.91 Å². The Kier molecular flexibility index (Phi) is 6.37. The Morgan fingerprint density at radius 2 is 1.68 bits per heavy atom. The molecule has 2 aliphatic rings. The van der Waals surface area contributed by atoms with Crippen LogP contribution in [0.15, 0.2) is 28.7 Å². The van der Waals surface area contributed by atoms with Crippen LogP contribution in [0.1, 0.15) is 64.9 Å². The molecule has 154 valence electrons. The van der Waals surface area contributed by atoms with Gasteiger partial charge in [0.15, 0.2) is 0 Å². The molecule has 0 unspecified atom stereocenters. The number of halogens is 1. The van der Waals surface area contributed by atoms with Crippen molar-refractivity contribution >= 4 is 27.9 Å². The number of hydrogen-bond acceptors (Lipinski definition) is 3. The van der Waals surface area contributed by atoms with E-state index in [1.165, 1.54) is 0 Å². The largest absolute Gasteiger partial charge is 0.444 e. The first kappa shape index (κ1) is 21.2. The molecule has 0 atom stereocenters. The molecule has 2 amide bonds. The maximum atomic E-state index is 13.5. The van der Waals surface area contributed by atoms with Crippen LogP contribution in [0.3, 0.4) is 0 Å². The van der Waals surface area contributed by atoms with Crippen LogP contribution in [-0.2, 0) is 14.9 Å². The molecule has 3 rings (SSSR count). The number of nitrogens with zero attached hydrogens (tertiary/aromatic N) is 1. The highest BCUT2D eigenvalue weighted by molar-refractivity contribution is 9.10. The third-order valence-electron chi connectivity index (χ3n) is 5.77. The van der Waals surface area contributed by atoms with Crippen molar-refractivity contribution in [3.8, 4) is 0 Å². The Hall–Kier alpha value is -1.56. The molecule has 1 heterocycles. The van der Waals surface area contributed by atoms with Gasteiger partial charge in [0, 0.05) is 23.6 Å². The molecule has 1 saturated heterocycles. The maximum absolute atomic E-state index is 13.5. The number of amides is 2. The molecule has 1 N–H and O–H groups in total. The minimum atomic E-state index is -0.500. The highest BCUT2D eigenvalue weighted by Crippen LogP contribution is 2.43. The van der Waals surface area contributed by atoms with E-state index in [1.54, 1.807) is 0 Å². The number of benzene rings is 1. The van der Waals surface area contributed by atoms with Crippen LogP contribution in [0.4, 0.5) is 4.79 Å². The number of hydrogen-bond donors (Lipinski definition) is 1. The van der Waals surface area contributed by atoms with Crippen molar-refractivity contribution in [3.63, 3.8) is 0 Å². The van der Waals surface area contributed by atoms with Crippen LogP contribution in [0.5, 0.6) is 0 Å². The van der Waals surface area contributed by atoms with E-state index in [0.29, 0.717) is 13.1 Å². The zero-order valence-corrected chi connectivity index (χ0v) is 18.7. The molecule has 1 aliphatic heterocycles. The van der Waals surface area contributed by atoms with Crippen LogP contribution < -0.4 is 5.32 Å². The summed E-state index contributed by atoms with van der Waals surface area (Å²) >= 11 is 3.49. The topological polar surface area (TPSA) is 58.6 Å². The average molecular weight is 451 g/mol. The van der Waals surface area contributed by atoms with E-state index in [-0.39, 0.29) is 23.5 Å². The molecule has 1 aliphatic carbocycles. The Labute approximate surface area is 176 Å². The average Bonchev–Trinajstić information content (AvgIpc) is 3.11. The third-order valence-corrected chi connectivity index (χ3v) is 6.29. The molecular weight excluding hydrogens is 420 g/mol. The van der Waals surface area contributed by atoms with Crippen LogP contribution in [-0.4, -0.2) is 41.6 Å². The summed E-state index contributed by atoms with van der Waals surface area (Å²) < 4.78 is 6.38. The number of nitrogens with one attached hydrogen (secondary N) is 1. The van der Waals surface area contributed by atoms with Gasteiger partial charge in [0.05, 0.1) is 5.41 Å². The summed E-state index contributed by atoms with van der Waals surface area (Å²) in [5.74, 6) is 0.253. The van der Waals surface area contributed by atoms with Crippen molar-refractivity contribution in [2.24, 2.45) is 0 Å². The number of alkyl carbamates (subject to hydrolysis) is 1. The number of carbonyl (C=O) groups excluding carboxylic acids is 2. The van der Waals surface area contributed by atoms with E-state index in [2.05, 4.69) is 33.4 Å². The molecule has 5 nitrogen and oxygen atoms in total. The van der Waals surface area contributed by atoms with Gasteiger partial charge in [0.25, 0.3) is 0 Å². The summed E-state index contributed by atoms with van der Waals surface area (Å²) in [6, 6.07) is 8.29. The van der Waals surface area contributed by atoms with Gasteiger partial charge in [-0.05, 0) is 64.2 Å². The van der Waals surface area contributed by atoms with Gasteiger partial charge in [0.1, 0.15) is 5.60 Å². The Morgan fingerprint density at radius 1 is 1.11 bits per heavy atom. The molecular formula is C22H31BrN2O3. The van der Waals surface area contributed by atoms with Crippen molar-refractivity contribution in [2.75, 3.05) is 13.1 Å². The van der Waals surface area contributed by atoms with Crippen molar-refractivity contribution < 1.29 is 14.3 Å². The summed E-state index contributed by atoms with van der Waals surface area (Å²) in [4.78, 5) is 27.5. The molecule has 0 radical (unpaired) electrons. The first-order valence-corrected chi connectivity index (χ1v) is 11.0. The second-order valence-corrected chi connectivity index (χ2v) is 9.92. The molecule has 1 aromatic rings. The highest BCUT2D eigenvalue weighted by atomic mass is 79.9. The number of likely N-dealkylation sites (tertiary alicyclic amines) is 1. The second kappa shape index (κ2) is 8.44. The monoisotopic (exact) mass is 450 g/mol. The minimum Gasteiger partial charge on any atom is -0.444 e. The highest BCUT2D eigenvalue weighted by Gasteiger charge is 2.45. The van der Waals surface area contributed by atoms with Crippen LogP contribution in [0.25, 0.3) is 0 Å². The molecule has 0 aromatic heterocycles. The molecule has 0 bridgehead atoms. The van der Waals surface area contributed by atoms with Crippen LogP contribution in [0.2, 0.25) is 0 Å². The van der Waals surface area contributed by atoms with Gasteiger partial charge in [-0.15, -0.1) is 0 Å². The lowest BCUT2D eigenvalue weighted by atomic mass is 9.77. The van der Waals surface area contributed by atoms with E-state index in [0.717, 1.165) is 48.6 Å². The van der Waals surface area contributed by atoms with E-state index in [9.17, 15) is 9.59 Å². The molecule has 28 heavy (non-hydrogen) atoms. The zero-order valence-electron chi connectivity index (χ0n) is 17.1. The predicted molar refractivity (Wildman–Crippen MR) is 113 cm³/mol. The number of ether oxygens (including phenoxy) is 1. The first-order chi connectivity index (χ1) is 13.2. The van der Waals surface area contributed by atoms with Crippen LogP contribution in [0, 0.1) is 0 Å². The summed E-state index contributed by atoms with van der Waals surface area (Å²) in [5.41, 5.74) is 0.249. The fraction of sp³-hybridized carbons (Fsp3) is 0.636. The summed E-state index contributed by atoms with van der Waals surface area (Å²) in [6.45, 7) is 6.93. The molecule has 1 aromatic carbocycles. The molecule has 6 heteroatoms. The maximum Gasteiger partial charge on any atom is 0.407 e. The normalized spacial score (nSPS) is 20.1. The fourth-order valence-electron chi connectivity index (χ4n) is 4.38. The van der Waals surface area contributed by atoms with Crippen LogP contribution >= 0.6 is 15.9 Å². The van der Waals surface area contributed by atoms with Crippen molar-refractivity contribution in [3.05, 3.63) is 34.3 Å². The predicted octanol–water partition coefficient (Wildman–Crippen LogP) is 4.78. The minimum absolute atomic E-state index is 0.0612. The fourth-order valence-corrected chi connectivity index (χ4v) is 4.64. The van der Waals surface area contributed by atoms with Gasteiger partial charge in [-0.2, -0.15) is 0 Å². The standard InChI is InChI=1S/C22H31BrN2O3/c1-21(2,3)28-20(27)24-18-10-14-25(15-11-18)19(26)22(12-4-5-13-22)16-6-8-17(23)9-7-16/h6-9,18H,4-5,10-15H2,1-3H3,(H,24,27). The quantitative estimate of drug-likeness (QED) is 0.720. The lowest BCUT2D eigenvalue weighted by Crippen LogP contribution is -2.52. The van der Waals surface area contributed by atoms with Gasteiger partial charge < -0.3 is 15.0 Å². The lowest BCUT2D eigenvalue weighted by molar-refractivity contribution is -0.138. The first-order valence-electron chi connectivity index (χ1n) is 10.2. The Morgan fingerprint density at radius 3 is 2.21 bits per heavy atom. The molecule has 1 saturated carbocycles. The summed E-state index contributed by atoms with van der Waals surface area (Å²) in [7, 11) is 0. The number of carbonyl (C=O) groups is 2. The van der Waals surface area contributed by atoms with E-state index in [4.69, 9.17) is 4.74 Å². The lowest BCUT2D eigenvalue weighted by Gasteiger charge is -2.39. The number of piperidine rings is 1. The SMILES string of the molecule is CC(C)(C)OC(=O)NC1CCN(C(=O)C2(c3ccc(Br)cc3)CCCC2)CC1. The van der Waals surface area contributed by atoms with Gasteiger partial charge >= 0.3 is 6.09 Å². The van der Waals surface area contributed by atoms with Crippen molar-refractivity contribution in [1.29, 1.82) is 0 Å². The van der Waals surface area contributed by atoms with E-state index < -0.39 is 5.60 Å². The van der Waals surface area contributed by atoms with Gasteiger partial charge in [-0.1, -0.05) is 40.9 Å². The smallest absolute Gasteiger partial charge is 0.407 e. The zero-order chi connectivity index (χ0) is 20.4. The summed E-state index contributed by atoms with van der Waals surface area (Å²) in [5, 5.41) is 2.95. The van der Waals surface area contributed by atoms with E-state index in [1.807, 2.05) is 37.8 Å². The third kappa shape index (κ3) is 4.88. The Balaban J connectivity index is 1.62. The molecule has 2 fully saturated rings. The summed E-state index contributed by atoms with van der Waals surface area (Å²) in [6.07, 6.45) is 5.19. The van der Waals surface area contributed by atoms with Crippen molar-refractivity contribution in [2.45, 2.75) is 76.4 Å². The van der Waals surface area contributed by atoms with Gasteiger partial charge in [-0.25, -0.2) is 4.79 Å². The molecule has 0 spiro atoms. The van der Waals surface area contributed by atoms with Crippen molar-refractivity contribution in [1.82, 2.24) is 10.2 Å². The van der Waals surface area contributed by atoms with E-state index >= 15 is 0 Å². The van der Waals surface area contributed by atoms with Gasteiger partial charge in [-0.3, -0.25) is 4.79 Å². The number of rotatable bonds is 3. The Bertz CT molecular complexity index is 697.